The summed E-state index contributed by atoms with van der Waals surface area (Å²) in [6.45, 7) is 0.989. The number of rotatable bonds is 5. The van der Waals surface area contributed by atoms with Crippen molar-refractivity contribution in [3.05, 3.63) is 24.3 Å². The molecule has 4 aliphatic carbocycles. The number of H-pyrrole nitrogens is 1. The summed E-state index contributed by atoms with van der Waals surface area (Å²) in [5.74, 6) is 1.13. The molecule has 13 heteroatoms. The Morgan fingerprint density at radius 3 is 2.61 bits per heavy atom. The molecule has 5 atom stereocenters. The van der Waals surface area contributed by atoms with Crippen molar-refractivity contribution in [2.75, 3.05) is 37.8 Å². The van der Waals surface area contributed by atoms with Crippen LogP contribution in [0.2, 0.25) is 0 Å². The monoisotopic (exact) mass is 541 g/mol. The van der Waals surface area contributed by atoms with Gasteiger partial charge in [0.05, 0.1) is 23.1 Å². The van der Waals surface area contributed by atoms with Crippen LogP contribution >= 0.6 is 0 Å². The third-order valence-electron chi connectivity index (χ3n) is 8.98. The van der Waals surface area contributed by atoms with Crippen LogP contribution in [-0.2, 0) is 10.0 Å². The summed E-state index contributed by atoms with van der Waals surface area (Å²) in [5, 5.41) is 19.7. The molecule has 3 aromatic rings. The molecule has 202 valence electrons. The minimum absolute atomic E-state index is 0.0650. The van der Waals surface area contributed by atoms with E-state index in [1.807, 2.05) is 12.3 Å². The number of hydrogen-bond donors (Lipinski definition) is 3. The van der Waals surface area contributed by atoms with Gasteiger partial charge in [-0.05, 0) is 55.9 Å². The van der Waals surface area contributed by atoms with Crippen LogP contribution in [-0.4, -0.2) is 92.8 Å². The first-order valence-corrected chi connectivity index (χ1v) is 15.1. The van der Waals surface area contributed by atoms with Gasteiger partial charge in [0.1, 0.15) is 5.65 Å². The molecule has 3 aromatic heterocycles. The van der Waals surface area contributed by atoms with Crippen LogP contribution in [0.3, 0.4) is 0 Å². The fourth-order valence-corrected chi connectivity index (χ4v) is 8.32. The zero-order chi connectivity index (χ0) is 26.2. The Morgan fingerprint density at radius 1 is 1.18 bits per heavy atom. The summed E-state index contributed by atoms with van der Waals surface area (Å²) in [5.41, 5.74) is 1.68. The van der Waals surface area contributed by atoms with Crippen LogP contribution in [0.1, 0.15) is 42.7 Å². The zero-order valence-electron chi connectivity index (χ0n) is 21.1. The second-order valence-corrected chi connectivity index (χ2v) is 13.5. The van der Waals surface area contributed by atoms with Crippen LogP contribution < -0.4 is 5.32 Å². The molecule has 3 N–H and O–H groups in total. The van der Waals surface area contributed by atoms with Gasteiger partial charge in [-0.3, -0.25) is 4.79 Å². The average molecular weight is 542 g/mol. The number of aromatic amines is 1. The van der Waals surface area contributed by atoms with E-state index in [-0.39, 0.29) is 43.9 Å². The smallest absolute Gasteiger partial charge is 0.295 e. The first kappa shape index (κ1) is 24.0. The third kappa shape index (κ3) is 3.98. The molecule has 1 aliphatic heterocycles. The van der Waals surface area contributed by atoms with E-state index in [4.69, 9.17) is 4.52 Å². The minimum atomic E-state index is -3.30. The highest BCUT2D eigenvalue weighted by atomic mass is 32.2. The summed E-state index contributed by atoms with van der Waals surface area (Å²) >= 11 is 0. The Balaban J connectivity index is 1.16. The molecule has 0 aromatic carbocycles. The SMILES string of the molecule is CS(=O)(=O)N1CCN(C(=O)c2noc(-c3cnc4[nH]ccc4c3NC3[C@@H]4CC5C[C@H]3CC(O)(C5)C4)n2)CC1. The predicted octanol–water partition coefficient (Wildman–Crippen LogP) is 1.68. The molecule has 0 radical (unpaired) electrons. The van der Waals surface area contributed by atoms with Gasteiger partial charge in [0, 0.05) is 50.0 Å². The third-order valence-corrected chi connectivity index (χ3v) is 10.3. The van der Waals surface area contributed by atoms with Gasteiger partial charge >= 0.3 is 0 Å². The lowest BCUT2D eigenvalue weighted by atomic mass is 9.52. The number of nitrogens with zero attached hydrogens (tertiary/aromatic N) is 5. The second-order valence-electron chi connectivity index (χ2n) is 11.5. The Morgan fingerprint density at radius 2 is 1.92 bits per heavy atom. The molecule has 1 saturated heterocycles. The van der Waals surface area contributed by atoms with E-state index in [2.05, 4.69) is 25.4 Å². The fraction of sp³-hybridized carbons (Fsp3) is 0.600. The average Bonchev–Trinajstić information content (AvgIpc) is 3.54. The van der Waals surface area contributed by atoms with Crippen LogP contribution in [0, 0.1) is 17.8 Å². The van der Waals surface area contributed by atoms with Gasteiger partial charge in [-0.2, -0.15) is 9.29 Å². The number of amides is 1. The number of aliphatic hydroxyl groups is 1. The molecule has 38 heavy (non-hydrogen) atoms. The van der Waals surface area contributed by atoms with Crippen molar-refractivity contribution < 1.29 is 22.8 Å². The highest BCUT2D eigenvalue weighted by Gasteiger charge is 2.54. The van der Waals surface area contributed by atoms with Crippen molar-refractivity contribution in [2.24, 2.45) is 17.8 Å². The van der Waals surface area contributed by atoms with Gasteiger partial charge in [-0.1, -0.05) is 5.16 Å². The molecule has 8 rings (SSSR count). The fourth-order valence-electron chi connectivity index (χ4n) is 7.49. The molecule has 4 heterocycles. The zero-order valence-corrected chi connectivity index (χ0v) is 21.9. The van der Waals surface area contributed by atoms with E-state index in [1.165, 1.54) is 10.6 Å². The van der Waals surface area contributed by atoms with Crippen molar-refractivity contribution in [1.29, 1.82) is 0 Å². The summed E-state index contributed by atoms with van der Waals surface area (Å²) in [6, 6.07) is 2.18. The Labute approximate surface area is 219 Å². The van der Waals surface area contributed by atoms with E-state index in [9.17, 15) is 18.3 Å². The number of fused-ring (bicyclic) bond motifs is 1. The van der Waals surface area contributed by atoms with E-state index in [0.29, 0.717) is 23.3 Å². The van der Waals surface area contributed by atoms with Gasteiger partial charge < -0.3 is 24.8 Å². The van der Waals surface area contributed by atoms with Crippen LogP contribution in [0.4, 0.5) is 5.69 Å². The number of sulfonamides is 1. The standard InChI is InChI=1S/C25H31N7O5S/c1-38(35,36)32-6-4-31(5-7-32)24(33)22-29-23(37-30-22)18-13-27-21-17(2-3-26-21)20(18)28-19-15-8-14-9-16(19)12-25(34,10-14)11-15/h2-3,13-16,19,34H,4-12H2,1H3,(H2,26,27,28)/t14?,15-,16+,19?,25?. The highest BCUT2D eigenvalue weighted by Crippen LogP contribution is 2.56. The Bertz CT molecular complexity index is 1490. The van der Waals surface area contributed by atoms with Crippen molar-refractivity contribution in [1.82, 2.24) is 29.3 Å². The van der Waals surface area contributed by atoms with E-state index < -0.39 is 21.5 Å². The van der Waals surface area contributed by atoms with E-state index >= 15 is 0 Å². The molecular formula is C25H31N7O5S. The lowest BCUT2D eigenvalue weighted by Gasteiger charge is -2.58. The lowest BCUT2D eigenvalue weighted by molar-refractivity contribution is -0.129. The topological polar surface area (TPSA) is 158 Å². The number of pyridine rings is 1. The quantitative estimate of drug-likeness (QED) is 0.437. The van der Waals surface area contributed by atoms with Crippen LogP contribution in [0.15, 0.2) is 23.0 Å². The van der Waals surface area contributed by atoms with Crippen molar-refractivity contribution >= 4 is 32.7 Å². The molecule has 3 unspecified atom stereocenters. The van der Waals surface area contributed by atoms with Crippen LogP contribution in [0.5, 0.6) is 0 Å². The van der Waals surface area contributed by atoms with Crippen molar-refractivity contribution in [3.8, 4) is 11.5 Å². The van der Waals surface area contributed by atoms with Gasteiger partial charge in [-0.25, -0.2) is 13.4 Å². The summed E-state index contributed by atoms with van der Waals surface area (Å²) < 4.78 is 30.5. The van der Waals surface area contributed by atoms with Crippen molar-refractivity contribution in [3.63, 3.8) is 0 Å². The molecule has 12 nitrogen and oxygen atoms in total. The molecule has 5 aliphatic rings. The molecular weight excluding hydrogens is 510 g/mol. The number of carbonyl (C=O) groups is 1. The maximum atomic E-state index is 13.1. The lowest BCUT2D eigenvalue weighted by Crippen LogP contribution is -2.59. The number of anilines is 1. The van der Waals surface area contributed by atoms with Gasteiger partial charge in [0.2, 0.25) is 10.0 Å². The summed E-state index contributed by atoms with van der Waals surface area (Å²) in [7, 11) is -3.30. The first-order valence-electron chi connectivity index (χ1n) is 13.2. The minimum Gasteiger partial charge on any atom is -0.390 e. The largest absolute Gasteiger partial charge is 0.390 e. The van der Waals surface area contributed by atoms with Gasteiger partial charge in [-0.15, -0.1) is 0 Å². The number of aromatic nitrogens is 4. The van der Waals surface area contributed by atoms with Crippen LogP contribution in [0.25, 0.3) is 22.5 Å². The summed E-state index contributed by atoms with van der Waals surface area (Å²) in [6.07, 6.45) is 9.50. The number of piperazine rings is 1. The maximum absolute atomic E-state index is 13.1. The number of nitrogens with one attached hydrogen (secondary N) is 2. The molecule has 5 fully saturated rings. The first-order chi connectivity index (χ1) is 18.2. The molecule has 4 saturated carbocycles. The van der Waals surface area contributed by atoms with E-state index in [1.54, 1.807) is 11.1 Å². The van der Waals surface area contributed by atoms with Gasteiger partial charge in [0.25, 0.3) is 17.6 Å². The van der Waals surface area contributed by atoms with Gasteiger partial charge in [0.15, 0.2) is 0 Å². The molecule has 0 spiro atoms. The summed E-state index contributed by atoms with van der Waals surface area (Å²) in [4.78, 5) is 26.8. The predicted molar refractivity (Wildman–Crippen MR) is 138 cm³/mol. The Kier molecular flexibility index (Phi) is 5.37. The maximum Gasteiger partial charge on any atom is 0.295 e. The molecule has 1 amide bonds. The Hall–Kier alpha value is -3.03. The van der Waals surface area contributed by atoms with E-state index in [0.717, 1.165) is 48.8 Å². The number of carbonyl (C=O) groups excluding carboxylic acids is 1. The second kappa shape index (κ2) is 8.48. The normalized spacial score (nSPS) is 31.3. The molecule has 4 bridgehead atoms. The number of hydrogen-bond acceptors (Lipinski definition) is 9. The highest BCUT2D eigenvalue weighted by molar-refractivity contribution is 7.88. The van der Waals surface area contributed by atoms with Crippen molar-refractivity contribution in [2.45, 2.75) is 43.7 Å².